The van der Waals surface area contributed by atoms with Gasteiger partial charge in [-0.1, -0.05) is 27.2 Å². The lowest BCUT2D eigenvalue weighted by Crippen LogP contribution is -2.35. The summed E-state index contributed by atoms with van der Waals surface area (Å²) in [5, 5.41) is 8.61. The summed E-state index contributed by atoms with van der Waals surface area (Å²) in [6, 6.07) is 0. The zero-order valence-corrected chi connectivity index (χ0v) is 9.90. The van der Waals surface area contributed by atoms with Crippen LogP contribution < -0.4 is 0 Å². The van der Waals surface area contributed by atoms with Crippen molar-refractivity contribution in [2.45, 2.75) is 46.1 Å². The smallest absolute Gasteiger partial charge is 0.329 e. The standard InChI is InChI=1S/C12H22O3/c1-8(2)10-5-4-9(3)6-11(10)15-7-12(13)14/h8-11H,4-7H2,1-3H3,(H,13,14)/t9-,10-,11+/m1/s1. The van der Waals surface area contributed by atoms with Gasteiger partial charge in [-0.25, -0.2) is 4.79 Å². The highest BCUT2D eigenvalue weighted by atomic mass is 16.5. The molecule has 15 heavy (non-hydrogen) atoms. The monoisotopic (exact) mass is 214 g/mol. The Morgan fingerprint density at radius 2 is 2.13 bits per heavy atom. The minimum absolute atomic E-state index is 0.143. The van der Waals surface area contributed by atoms with Crippen LogP contribution in [0.1, 0.15) is 40.0 Å². The summed E-state index contributed by atoms with van der Waals surface area (Å²) < 4.78 is 5.49. The van der Waals surface area contributed by atoms with Crippen LogP contribution in [-0.2, 0) is 9.53 Å². The second-order valence-corrected chi connectivity index (χ2v) is 5.07. The van der Waals surface area contributed by atoms with Gasteiger partial charge in [0.15, 0.2) is 0 Å². The van der Waals surface area contributed by atoms with Gasteiger partial charge in [0, 0.05) is 0 Å². The number of rotatable bonds is 4. The first kappa shape index (κ1) is 12.5. The molecule has 0 heterocycles. The Morgan fingerprint density at radius 1 is 1.47 bits per heavy atom. The van der Waals surface area contributed by atoms with E-state index in [4.69, 9.17) is 9.84 Å². The van der Waals surface area contributed by atoms with E-state index in [1.54, 1.807) is 0 Å². The van der Waals surface area contributed by atoms with Crippen LogP contribution >= 0.6 is 0 Å². The van der Waals surface area contributed by atoms with Gasteiger partial charge in [-0.3, -0.25) is 0 Å². The molecule has 0 amide bonds. The van der Waals surface area contributed by atoms with E-state index in [2.05, 4.69) is 20.8 Å². The molecule has 1 saturated carbocycles. The van der Waals surface area contributed by atoms with Gasteiger partial charge in [-0.2, -0.15) is 0 Å². The summed E-state index contributed by atoms with van der Waals surface area (Å²) in [6.07, 6.45) is 3.57. The quantitative estimate of drug-likeness (QED) is 0.782. The van der Waals surface area contributed by atoms with Gasteiger partial charge in [-0.15, -0.1) is 0 Å². The molecule has 1 N–H and O–H groups in total. The number of hydrogen-bond acceptors (Lipinski definition) is 2. The third-order valence-electron chi connectivity index (χ3n) is 3.38. The van der Waals surface area contributed by atoms with Gasteiger partial charge in [-0.05, 0) is 30.6 Å². The normalized spacial score (nSPS) is 31.9. The van der Waals surface area contributed by atoms with E-state index in [1.165, 1.54) is 12.8 Å². The van der Waals surface area contributed by atoms with Gasteiger partial charge in [0.05, 0.1) is 6.10 Å². The second kappa shape index (κ2) is 5.50. The van der Waals surface area contributed by atoms with E-state index in [0.717, 1.165) is 6.42 Å². The Morgan fingerprint density at radius 3 is 2.67 bits per heavy atom. The number of carboxylic acids is 1. The molecule has 88 valence electrons. The molecule has 3 atom stereocenters. The van der Waals surface area contributed by atoms with Crippen LogP contribution in [0.15, 0.2) is 0 Å². The average molecular weight is 214 g/mol. The number of aliphatic carboxylic acids is 1. The van der Waals surface area contributed by atoms with Gasteiger partial charge in [0.25, 0.3) is 0 Å². The molecule has 0 spiro atoms. The zero-order valence-electron chi connectivity index (χ0n) is 9.90. The first-order valence-corrected chi connectivity index (χ1v) is 5.84. The second-order valence-electron chi connectivity index (χ2n) is 5.07. The molecule has 0 aromatic carbocycles. The lowest BCUT2D eigenvalue weighted by atomic mass is 9.75. The highest BCUT2D eigenvalue weighted by Crippen LogP contribution is 2.35. The van der Waals surface area contributed by atoms with E-state index in [9.17, 15) is 4.79 Å². The summed E-state index contributed by atoms with van der Waals surface area (Å²) >= 11 is 0. The van der Waals surface area contributed by atoms with Crippen molar-refractivity contribution in [3.05, 3.63) is 0 Å². The van der Waals surface area contributed by atoms with E-state index in [-0.39, 0.29) is 12.7 Å². The van der Waals surface area contributed by atoms with Gasteiger partial charge < -0.3 is 9.84 Å². The predicted molar refractivity (Wildman–Crippen MR) is 58.7 cm³/mol. The fourth-order valence-electron chi connectivity index (χ4n) is 2.48. The number of ether oxygens (including phenoxy) is 1. The van der Waals surface area contributed by atoms with Gasteiger partial charge in [0.1, 0.15) is 6.61 Å². The first-order chi connectivity index (χ1) is 7.00. The Balaban J connectivity index is 2.50. The number of carbonyl (C=O) groups is 1. The van der Waals surface area contributed by atoms with Crippen molar-refractivity contribution in [1.82, 2.24) is 0 Å². The summed E-state index contributed by atoms with van der Waals surface area (Å²) in [5.74, 6) is 0.909. The summed E-state index contributed by atoms with van der Waals surface area (Å²) in [4.78, 5) is 10.5. The van der Waals surface area contributed by atoms with Crippen LogP contribution in [0.25, 0.3) is 0 Å². The van der Waals surface area contributed by atoms with Crippen molar-refractivity contribution in [3.63, 3.8) is 0 Å². The Hall–Kier alpha value is -0.570. The molecule has 1 aliphatic rings. The van der Waals surface area contributed by atoms with Crippen molar-refractivity contribution in [2.24, 2.45) is 17.8 Å². The van der Waals surface area contributed by atoms with Crippen LogP contribution in [-0.4, -0.2) is 23.8 Å². The third kappa shape index (κ3) is 3.82. The highest BCUT2D eigenvalue weighted by molar-refractivity contribution is 5.68. The predicted octanol–water partition coefficient (Wildman–Crippen LogP) is 2.55. The molecule has 0 bridgehead atoms. The van der Waals surface area contributed by atoms with Crippen LogP contribution in [0, 0.1) is 17.8 Å². The van der Waals surface area contributed by atoms with Crippen molar-refractivity contribution in [2.75, 3.05) is 6.61 Å². The topological polar surface area (TPSA) is 46.5 Å². The van der Waals surface area contributed by atoms with Crippen LogP contribution in [0.5, 0.6) is 0 Å². The minimum atomic E-state index is -0.865. The molecule has 1 rings (SSSR count). The Bertz CT molecular complexity index is 213. The lowest BCUT2D eigenvalue weighted by Gasteiger charge is -2.36. The maximum atomic E-state index is 10.5. The van der Waals surface area contributed by atoms with E-state index in [0.29, 0.717) is 17.8 Å². The van der Waals surface area contributed by atoms with E-state index in [1.807, 2.05) is 0 Å². The van der Waals surface area contributed by atoms with Crippen LogP contribution in [0.2, 0.25) is 0 Å². The molecule has 0 aromatic heterocycles. The Kier molecular flexibility index (Phi) is 4.58. The largest absolute Gasteiger partial charge is 0.480 e. The Labute approximate surface area is 91.8 Å². The molecule has 0 aromatic rings. The molecular weight excluding hydrogens is 192 g/mol. The molecule has 0 radical (unpaired) electrons. The van der Waals surface area contributed by atoms with Crippen molar-refractivity contribution in [3.8, 4) is 0 Å². The number of carboxylic acid groups (broad SMARTS) is 1. The minimum Gasteiger partial charge on any atom is -0.480 e. The fraction of sp³-hybridized carbons (Fsp3) is 0.917. The molecular formula is C12H22O3. The van der Waals surface area contributed by atoms with Crippen LogP contribution in [0.4, 0.5) is 0 Å². The fourth-order valence-corrected chi connectivity index (χ4v) is 2.48. The van der Waals surface area contributed by atoms with Gasteiger partial charge in [0.2, 0.25) is 0 Å². The van der Waals surface area contributed by atoms with Crippen molar-refractivity contribution in [1.29, 1.82) is 0 Å². The molecule has 3 heteroatoms. The SMILES string of the molecule is CC(C)[C@H]1CC[C@@H](C)C[C@@H]1OCC(=O)O. The molecule has 1 fully saturated rings. The van der Waals surface area contributed by atoms with Crippen molar-refractivity contribution >= 4 is 5.97 Å². The number of hydrogen-bond donors (Lipinski definition) is 1. The molecule has 0 unspecified atom stereocenters. The summed E-state index contributed by atoms with van der Waals surface area (Å²) in [7, 11) is 0. The zero-order chi connectivity index (χ0) is 11.4. The maximum Gasteiger partial charge on any atom is 0.329 e. The third-order valence-corrected chi connectivity index (χ3v) is 3.38. The molecule has 0 saturated heterocycles. The first-order valence-electron chi connectivity index (χ1n) is 5.84. The molecule has 0 aliphatic heterocycles. The molecule has 1 aliphatic carbocycles. The average Bonchev–Trinajstić information content (AvgIpc) is 2.14. The van der Waals surface area contributed by atoms with Crippen molar-refractivity contribution < 1.29 is 14.6 Å². The summed E-state index contributed by atoms with van der Waals surface area (Å²) in [6.45, 7) is 6.45. The highest BCUT2D eigenvalue weighted by Gasteiger charge is 2.31. The lowest BCUT2D eigenvalue weighted by molar-refractivity contribution is -0.147. The van der Waals surface area contributed by atoms with E-state index >= 15 is 0 Å². The van der Waals surface area contributed by atoms with E-state index < -0.39 is 5.97 Å². The summed E-state index contributed by atoms with van der Waals surface area (Å²) in [5.41, 5.74) is 0. The molecule has 3 nitrogen and oxygen atoms in total. The van der Waals surface area contributed by atoms with Crippen LogP contribution in [0.3, 0.4) is 0 Å². The van der Waals surface area contributed by atoms with Gasteiger partial charge >= 0.3 is 5.97 Å². The maximum absolute atomic E-state index is 10.5.